The van der Waals surface area contributed by atoms with Gasteiger partial charge in [0.25, 0.3) is 0 Å². The summed E-state index contributed by atoms with van der Waals surface area (Å²) in [7, 11) is 0. The second-order valence-electron chi connectivity index (χ2n) is 14.0. The van der Waals surface area contributed by atoms with Crippen LogP contribution in [-0.4, -0.2) is 0 Å². The van der Waals surface area contributed by atoms with Crippen molar-refractivity contribution in [3.8, 4) is 33.4 Å². The predicted molar refractivity (Wildman–Crippen MR) is 229 cm³/mol. The third-order valence-corrected chi connectivity index (χ3v) is 10.9. The SMILES string of the molecule is c1ccc(-c2ccc(N(c3ccc(-c4ccccc4)cc3)c3ccc(-c4cccc5c4oc4ccccc45)c4oc5c6ccccc6ccc5c34)cc2)cc1. The minimum absolute atomic E-state index is 0.823. The van der Waals surface area contributed by atoms with Crippen LogP contribution in [0.1, 0.15) is 0 Å². The third kappa shape index (κ3) is 5.13. The van der Waals surface area contributed by atoms with Crippen molar-refractivity contribution in [3.05, 3.63) is 200 Å². The van der Waals surface area contributed by atoms with Crippen LogP contribution in [0.15, 0.2) is 209 Å². The zero-order chi connectivity index (χ0) is 36.3. The first-order valence-corrected chi connectivity index (χ1v) is 18.7. The van der Waals surface area contributed by atoms with E-state index < -0.39 is 0 Å². The highest BCUT2D eigenvalue weighted by Crippen LogP contribution is 2.49. The lowest BCUT2D eigenvalue weighted by molar-refractivity contribution is 0.666. The Labute approximate surface area is 317 Å². The molecular formula is C52H33NO2. The van der Waals surface area contributed by atoms with Gasteiger partial charge in [-0.15, -0.1) is 0 Å². The zero-order valence-electron chi connectivity index (χ0n) is 29.8. The molecule has 0 spiro atoms. The van der Waals surface area contributed by atoms with Crippen LogP contribution in [0.5, 0.6) is 0 Å². The van der Waals surface area contributed by atoms with Gasteiger partial charge < -0.3 is 13.7 Å². The molecule has 0 radical (unpaired) electrons. The van der Waals surface area contributed by atoms with Crippen LogP contribution in [0, 0.1) is 0 Å². The van der Waals surface area contributed by atoms with Crippen molar-refractivity contribution in [2.24, 2.45) is 0 Å². The van der Waals surface area contributed by atoms with E-state index in [2.05, 4.69) is 193 Å². The molecule has 0 atom stereocenters. The summed E-state index contributed by atoms with van der Waals surface area (Å²) in [6.45, 7) is 0. The van der Waals surface area contributed by atoms with E-state index >= 15 is 0 Å². The quantitative estimate of drug-likeness (QED) is 0.173. The minimum atomic E-state index is 0.823. The largest absolute Gasteiger partial charge is 0.455 e. The average molecular weight is 704 g/mol. The Morgan fingerprint density at radius 1 is 0.309 bits per heavy atom. The van der Waals surface area contributed by atoms with Gasteiger partial charge in [0.2, 0.25) is 0 Å². The molecule has 9 aromatic carbocycles. The molecule has 11 rings (SSSR count). The Morgan fingerprint density at radius 2 is 0.873 bits per heavy atom. The Balaban J connectivity index is 1.18. The smallest absolute Gasteiger partial charge is 0.145 e. The van der Waals surface area contributed by atoms with E-state index in [1.54, 1.807) is 0 Å². The molecule has 11 aromatic rings. The molecule has 0 N–H and O–H groups in total. The molecular weight excluding hydrogens is 671 g/mol. The molecule has 0 aliphatic carbocycles. The first-order chi connectivity index (χ1) is 27.3. The Kier molecular flexibility index (Phi) is 7.17. The monoisotopic (exact) mass is 703 g/mol. The van der Waals surface area contributed by atoms with Gasteiger partial charge in [0.05, 0.1) is 11.1 Å². The summed E-state index contributed by atoms with van der Waals surface area (Å²) >= 11 is 0. The number of hydrogen-bond donors (Lipinski definition) is 0. The molecule has 0 saturated carbocycles. The molecule has 2 heterocycles. The molecule has 55 heavy (non-hydrogen) atoms. The maximum Gasteiger partial charge on any atom is 0.145 e. The normalized spacial score (nSPS) is 11.6. The summed E-state index contributed by atoms with van der Waals surface area (Å²) in [4.78, 5) is 2.36. The number of furan rings is 2. The van der Waals surface area contributed by atoms with Gasteiger partial charge in [0, 0.05) is 44.0 Å². The van der Waals surface area contributed by atoms with Crippen molar-refractivity contribution in [1.82, 2.24) is 0 Å². The fourth-order valence-electron chi connectivity index (χ4n) is 8.24. The molecule has 2 aromatic heterocycles. The summed E-state index contributed by atoms with van der Waals surface area (Å²) in [6.07, 6.45) is 0. The average Bonchev–Trinajstić information content (AvgIpc) is 3.85. The van der Waals surface area contributed by atoms with Crippen LogP contribution in [0.2, 0.25) is 0 Å². The van der Waals surface area contributed by atoms with Gasteiger partial charge in [-0.1, -0.05) is 152 Å². The molecule has 3 heteroatoms. The molecule has 0 saturated heterocycles. The van der Waals surface area contributed by atoms with Crippen molar-refractivity contribution >= 4 is 71.7 Å². The second kappa shape index (κ2) is 12.6. The predicted octanol–water partition coefficient (Wildman–Crippen LogP) is 15.1. The van der Waals surface area contributed by atoms with Gasteiger partial charge in [0.15, 0.2) is 0 Å². The van der Waals surface area contributed by atoms with Gasteiger partial charge in [-0.3, -0.25) is 0 Å². The maximum atomic E-state index is 7.12. The standard InChI is InChI=1S/C52H33NO2/c1-3-12-34(13-4-1)36-22-27-39(28-23-36)53(40-29-24-37(25-30-40)35-14-5-2-6-15-35)47-33-32-45(44-20-11-19-43-42-18-9-10-21-48(42)54-51(43)44)52-49(47)46-31-26-38-16-7-8-17-41(38)50(46)55-52/h1-33H. The lowest BCUT2D eigenvalue weighted by Gasteiger charge is -2.27. The van der Waals surface area contributed by atoms with Crippen molar-refractivity contribution in [2.45, 2.75) is 0 Å². The molecule has 3 nitrogen and oxygen atoms in total. The number of para-hydroxylation sites is 2. The van der Waals surface area contributed by atoms with E-state index in [1.165, 1.54) is 22.3 Å². The molecule has 0 aliphatic rings. The zero-order valence-corrected chi connectivity index (χ0v) is 29.8. The minimum Gasteiger partial charge on any atom is -0.455 e. The summed E-state index contributed by atoms with van der Waals surface area (Å²) in [5.74, 6) is 0. The van der Waals surface area contributed by atoms with E-state index in [4.69, 9.17) is 8.83 Å². The highest BCUT2D eigenvalue weighted by molar-refractivity contribution is 6.23. The van der Waals surface area contributed by atoms with E-state index in [0.29, 0.717) is 0 Å². The van der Waals surface area contributed by atoms with Crippen molar-refractivity contribution < 1.29 is 8.83 Å². The Bertz CT molecular complexity index is 3090. The molecule has 0 bridgehead atoms. The number of rotatable bonds is 6. The van der Waals surface area contributed by atoms with Crippen LogP contribution in [0.25, 0.3) is 88.0 Å². The molecule has 0 unspecified atom stereocenters. The number of nitrogens with zero attached hydrogens (tertiary/aromatic N) is 1. The summed E-state index contributed by atoms with van der Waals surface area (Å²) in [5, 5.41) is 6.53. The Morgan fingerprint density at radius 3 is 1.56 bits per heavy atom. The van der Waals surface area contributed by atoms with Gasteiger partial charge >= 0.3 is 0 Å². The van der Waals surface area contributed by atoms with Crippen molar-refractivity contribution in [1.29, 1.82) is 0 Å². The van der Waals surface area contributed by atoms with E-state index in [1.807, 2.05) is 12.1 Å². The molecule has 0 amide bonds. The maximum absolute atomic E-state index is 7.12. The summed E-state index contributed by atoms with van der Waals surface area (Å²) in [5.41, 5.74) is 13.3. The van der Waals surface area contributed by atoms with Crippen molar-refractivity contribution in [3.63, 3.8) is 0 Å². The van der Waals surface area contributed by atoms with Gasteiger partial charge in [-0.05, 0) is 76.2 Å². The fraction of sp³-hybridized carbons (Fsp3) is 0. The summed E-state index contributed by atoms with van der Waals surface area (Å²) in [6, 6.07) is 70.8. The van der Waals surface area contributed by atoms with Gasteiger partial charge in [-0.25, -0.2) is 0 Å². The first kappa shape index (κ1) is 31.2. The molecule has 0 aliphatic heterocycles. The lowest BCUT2D eigenvalue weighted by Crippen LogP contribution is -2.10. The van der Waals surface area contributed by atoms with Crippen LogP contribution < -0.4 is 4.90 Å². The highest BCUT2D eigenvalue weighted by Gasteiger charge is 2.24. The van der Waals surface area contributed by atoms with Crippen LogP contribution >= 0.6 is 0 Å². The van der Waals surface area contributed by atoms with E-state index in [9.17, 15) is 0 Å². The van der Waals surface area contributed by atoms with Gasteiger partial charge in [-0.2, -0.15) is 0 Å². The third-order valence-electron chi connectivity index (χ3n) is 10.9. The fourth-order valence-corrected chi connectivity index (χ4v) is 8.24. The molecule has 0 fully saturated rings. The van der Waals surface area contributed by atoms with E-state index in [-0.39, 0.29) is 0 Å². The van der Waals surface area contributed by atoms with Crippen molar-refractivity contribution in [2.75, 3.05) is 4.90 Å². The number of anilines is 3. The Hall–Kier alpha value is -7.36. The topological polar surface area (TPSA) is 29.5 Å². The first-order valence-electron chi connectivity index (χ1n) is 18.7. The number of fused-ring (bicyclic) bond motifs is 8. The second-order valence-corrected chi connectivity index (χ2v) is 14.0. The lowest BCUT2D eigenvalue weighted by atomic mass is 9.97. The van der Waals surface area contributed by atoms with Crippen LogP contribution in [-0.2, 0) is 0 Å². The highest BCUT2D eigenvalue weighted by atomic mass is 16.3. The van der Waals surface area contributed by atoms with Gasteiger partial charge in [0.1, 0.15) is 22.3 Å². The number of benzene rings is 9. The van der Waals surface area contributed by atoms with Crippen LogP contribution in [0.4, 0.5) is 17.1 Å². The molecule has 258 valence electrons. The van der Waals surface area contributed by atoms with Crippen LogP contribution in [0.3, 0.4) is 0 Å². The van der Waals surface area contributed by atoms with E-state index in [0.717, 1.165) is 82.8 Å². The number of hydrogen-bond acceptors (Lipinski definition) is 3. The summed E-state index contributed by atoms with van der Waals surface area (Å²) < 4.78 is 13.7.